The molecule has 1 aromatic carbocycles. The molecule has 0 aliphatic rings. The number of carboxylic acid groups (broad SMARTS) is 1. The highest BCUT2D eigenvalue weighted by atomic mass is 16.4. The van der Waals surface area contributed by atoms with Crippen LogP contribution in [-0.4, -0.2) is 21.0 Å². The van der Waals surface area contributed by atoms with Crippen molar-refractivity contribution in [1.29, 1.82) is 0 Å². The van der Waals surface area contributed by atoms with Crippen molar-refractivity contribution in [2.24, 2.45) is 0 Å². The predicted octanol–water partition coefficient (Wildman–Crippen LogP) is 3.30. The van der Waals surface area contributed by atoms with Gasteiger partial charge in [-0.3, -0.25) is 0 Å². The van der Waals surface area contributed by atoms with Crippen molar-refractivity contribution in [1.82, 2.24) is 9.97 Å². The molecule has 4 nitrogen and oxygen atoms in total. The predicted molar refractivity (Wildman–Crippen MR) is 78.2 cm³/mol. The van der Waals surface area contributed by atoms with Gasteiger partial charge in [0.1, 0.15) is 5.82 Å². The van der Waals surface area contributed by atoms with Crippen molar-refractivity contribution in [3.63, 3.8) is 0 Å². The molecule has 0 saturated heterocycles. The van der Waals surface area contributed by atoms with Crippen LogP contribution in [-0.2, 0) is 11.8 Å². The van der Waals surface area contributed by atoms with E-state index in [2.05, 4.69) is 55.0 Å². The van der Waals surface area contributed by atoms with E-state index in [0.29, 0.717) is 17.9 Å². The molecule has 0 amide bonds. The molecule has 0 radical (unpaired) electrons. The number of aromatic amines is 1. The van der Waals surface area contributed by atoms with Crippen molar-refractivity contribution in [2.45, 2.75) is 39.5 Å². The van der Waals surface area contributed by atoms with Crippen LogP contribution < -0.4 is 0 Å². The number of rotatable bonds is 3. The maximum absolute atomic E-state index is 11.0. The number of hydrogen-bond acceptors (Lipinski definition) is 2. The Labute approximate surface area is 118 Å². The third-order valence-electron chi connectivity index (χ3n) is 3.33. The Morgan fingerprint density at radius 2 is 1.85 bits per heavy atom. The molecule has 2 rings (SSSR count). The third-order valence-corrected chi connectivity index (χ3v) is 3.33. The van der Waals surface area contributed by atoms with Crippen LogP contribution in [0.4, 0.5) is 0 Å². The minimum Gasteiger partial charge on any atom is -0.476 e. The van der Waals surface area contributed by atoms with Gasteiger partial charge < -0.3 is 10.1 Å². The maximum atomic E-state index is 11.0. The van der Waals surface area contributed by atoms with E-state index < -0.39 is 5.97 Å². The van der Waals surface area contributed by atoms with Gasteiger partial charge in [0.15, 0.2) is 5.69 Å². The zero-order chi connectivity index (χ0) is 14.9. The molecule has 0 aliphatic heterocycles. The quantitative estimate of drug-likeness (QED) is 0.901. The van der Waals surface area contributed by atoms with E-state index in [1.807, 2.05) is 0 Å². The van der Waals surface area contributed by atoms with E-state index >= 15 is 0 Å². The number of nitrogens with one attached hydrogen (secondary N) is 1. The summed E-state index contributed by atoms with van der Waals surface area (Å²) in [6, 6.07) is 8.37. The van der Waals surface area contributed by atoms with Crippen LogP contribution in [0.1, 0.15) is 53.9 Å². The number of aromatic carboxylic acids is 1. The zero-order valence-electron chi connectivity index (χ0n) is 12.3. The Hall–Kier alpha value is -2.10. The van der Waals surface area contributed by atoms with E-state index in [1.54, 1.807) is 6.92 Å². The van der Waals surface area contributed by atoms with Crippen molar-refractivity contribution in [2.75, 3.05) is 0 Å². The van der Waals surface area contributed by atoms with E-state index in [-0.39, 0.29) is 11.1 Å². The molecule has 0 aliphatic carbocycles. The fourth-order valence-corrected chi connectivity index (χ4v) is 2.13. The van der Waals surface area contributed by atoms with Crippen molar-refractivity contribution in [3.05, 3.63) is 52.6 Å². The Kier molecular flexibility index (Phi) is 3.66. The first-order valence-electron chi connectivity index (χ1n) is 6.65. The molecule has 0 bridgehead atoms. The monoisotopic (exact) mass is 272 g/mol. The fourth-order valence-electron chi connectivity index (χ4n) is 2.13. The lowest BCUT2D eigenvalue weighted by Crippen LogP contribution is -2.10. The topological polar surface area (TPSA) is 66.0 Å². The Balaban J connectivity index is 2.18. The lowest BCUT2D eigenvalue weighted by atomic mass is 9.86. The van der Waals surface area contributed by atoms with Crippen LogP contribution in [0.25, 0.3) is 0 Å². The van der Waals surface area contributed by atoms with Gasteiger partial charge >= 0.3 is 5.97 Å². The van der Waals surface area contributed by atoms with Crippen LogP contribution in [0, 0.1) is 6.92 Å². The van der Waals surface area contributed by atoms with Crippen LogP contribution in [0.15, 0.2) is 24.3 Å². The summed E-state index contributed by atoms with van der Waals surface area (Å²) in [5, 5.41) is 8.99. The molecule has 0 unspecified atom stereocenters. The summed E-state index contributed by atoms with van der Waals surface area (Å²) in [6.45, 7) is 8.26. The zero-order valence-corrected chi connectivity index (χ0v) is 12.3. The number of nitrogens with zero attached hydrogens (tertiary/aromatic N) is 1. The van der Waals surface area contributed by atoms with Crippen LogP contribution in [0.3, 0.4) is 0 Å². The van der Waals surface area contributed by atoms with Crippen molar-refractivity contribution in [3.8, 4) is 0 Å². The normalized spacial score (nSPS) is 11.6. The van der Waals surface area contributed by atoms with Gasteiger partial charge in [-0.15, -0.1) is 0 Å². The van der Waals surface area contributed by atoms with Gasteiger partial charge in [-0.2, -0.15) is 0 Å². The standard InChI is InChI=1S/C16H20N2O2/c1-10-14(15(19)20)18-13(17-10)9-11-5-7-12(8-6-11)16(2,3)4/h5-8H,9H2,1-4H3,(H,17,18)(H,19,20). The highest BCUT2D eigenvalue weighted by molar-refractivity contribution is 5.86. The number of aryl methyl sites for hydroxylation is 1. The van der Waals surface area contributed by atoms with Gasteiger partial charge in [0.25, 0.3) is 0 Å². The molecule has 1 aromatic heterocycles. The first kappa shape index (κ1) is 14.3. The number of imidazole rings is 1. The first-order valence-corrected chi connectivity index (χ1v) is 6.65. The number of H-pyrrole nitrogens is 1. The first-order chi connectivity index (χ1) is 9.27. The molecule has 0 saturated carbocycles. The molecule has 1 heterocycles. The number of carbonyl (C=O) groups is 1. The molecule has 0 spiro atoms. The molecule has 2 aromatic rings. The minimum atomic E-state index is -0.993. The highest BCUT2D eigenvalue weighted by Gasteiger charge is 2.15. The van der Waals surface area contributed by atoms with Crippen molar-refractivity contribution < 1.29 is 9.90 Å². The summed E-state index contributed by atoms with van der Waals surface area (Å²) in [6.07, 6.45) is 0.610. The maximum Gasteiger partial charge on any atom is 0.356 e. The lowest BCUT2D eigenvalue weighted by Gasteiger charge is -2.19. The molecule has 106 valence electrons. The number of carboxylic acids is 1. The molecule has 4 heteroatoms. The number of hydrogen-bond donors (Lipinski definition) is 2. The number of benzene rings is 1. The van der Waals surface area contributed by atoms with Gasteiger partial charge in [0.2, 0.25) is 0 Å². The molecular weight excluding hydrogens is 252 g/mol. The molecular formula is C16H20N2O2. The third kappa shape index (κ3) is 3.07. The molecule has 2 N–H and O–H groups in total. The summed E-state index contributed by atoms with van der Waals surface area (Å²) in [4.78, 5) is 18.1. The Morgan fingerprint density at radius 3 is 2.30 bits per heavy atom. The average Bonchev–Trinajstić information content (AvgIpc) is 2.70. The van der Waals surface area contributed by atoms with Crippen LogP contribution >= 0.6 is 0 Å². The van der Waals surface area contributed by atoms with Gasteiger partial charge in [0, 0.05) is 12.1 Å². The van der Waals surface area contributed by atoms with E-state index in [4.69, 9.17) is 5.11 Å². The summed E-state index contributed by atoms with van der Waals surface area (Å²) in [5.74, 6) is -0.309. The van der Waals surface area contributed by atoms with Gasteiger partial charge in [0.05, 0.1) is 0 Å². The van der Waals surface area contributed by atoms with E-state index in [0.717, 1.165) is 5.56 Å². The lowest BCUT2D eigenvalue weighted by molar-refractivity contribution is 0.0690. The Morgan fingerprint density at radius 1 is 1.25 bits per heavy atom. The summed E-state index contributed by atoms with van der Waals surface area (Å²) >= 11 is 0. The minimum absolute atomic E-state index is 0.103. The smallest absolute Gasteiger partial charge is 0.356 e. The fraction of sp³-hybridized carbons (Fsp3) is 0.375. The summed E-state index contributed by atoms with van der Waals surface area (Å²) < 4.78 is 0. The van der Waals surface area contributed by atoms with Crippen LogP contribution in [0.2, 0.25) is 0 Å². The average molecular weight is 272 g/mol. The highest BCUT2D eigenvalue weighted by Crippen LogP contribution is 2.22. The molecule has 0 atom stereocenters. The number of aromatic nitrogens is 2. The molecule has 0 fully saturated rings. The summed E-state index contributed by atoms with van der Waals surface area (Å²) in [5.41, 5.74) is 3.23. The Bertz CT molecular complexity index is 619. The van der Waals surface area contributed by atoms with Gasteiger partial charge in [-0.1, -0.05) is 45.0 Å². The SMILES string of the molecule is Cc1[nH]c(Cc2ccc(C(C)(C)C)cc2)nc1C(=O)O. The second-order valence-electron chi connectivity index (χ2n) is 6.09. The molecule has 20 heavy (non-hydrogen) atoms. The van der Waals surface area contributed by atoms with E-state index in [1.165, 1.54) is 5.56 Å². The second kappa shape index (κ2) is 5.12. The van der Waals surface area contributed by atoms with Gasteiger partial charge in [-0.05, 0) is 23.5 Å². The summed E-state index contributed by atoms with van der Waals surface area (Å²) in [7, 11) is 0. The largest absolute Gasteiger partial charge is 0.476 e. The van der Waals surface area contributed by atoms with Crippen molar-refractivity contribution >= 4 is 5.97 Å². The van der Waals surface area contributed by atoms with E-state index in [9.17, 15) is 4.79 Å². The second-order valence-corrected chi connectivity index (χ2v) is 6.09. The van der Waals surface area contributed by atoms with Gasteiger partial charge in [-0.25, -0.2) is 9.78 Å². The van der Waals surface area contributed by atoms with Crippen LogP contribution in [0.5, 0.6) is 0 Å².